The van der Waals surface area contributed by atoms with Crippen LogP contribution in [-0.2, 0) is 19.6 Å². The molecule has 2 aliphatic rings. The minimum absolute atomic E-state index is 0.0336. The molecule has 176 valence electrons. The largest absolute Gasteiger partial charge is 0.342 e. The lowest BCUT2D eigenvalue weighted by molar-refractivity contribution is -0.136. The summed E-state index contributed by atoms with van der Waals surface area (Å²) in [5, 5.41) is 0.474. The van der Waals surface area contributed by atoms with Crippen molar-refractivity contribution in [3.05, 3.63) is 58.6 Å². The Morgan fingerprint density at radius 1 is 1.03 bits per heavy atom. The van der Waals surface area contributed by atoms with E-state index in [1.165, 1.54) is 12.1 Å². The zero-order valence-electron chi connectivity index (χ0n) is 18.8. The fraction of sp³-hybridized carbons (Fsp3) is 0.417. The molecule has 0 unspecified atom stereocenters. The van der Waals surface area contributed by atoms with Crippen molar-refractivity contribution in [2.75, 3.05) is 24.5 Å². The van der Waals surface area contributed by atoms with Crippen LogP contribution >= 0.6 is 11.6 Å². The summed E-state index contributed by atoms with van der Waals surface area (Å²) in [6.45, 7) is 5.33. The molecule has 4 rings (SSSR count). The fourth-order valence-corrected chi connectivity index (χ4v) is 5.82. The lowest BCUT2D eigenvalue weighted by Crippen LogP contribution is -2.48. The van der Waals surface area contributed by atoms with Gasteiger partial charge in [0.25, 0.3) is 0 Å². The standard InChI is InChI=1S/C24H28ClN3O4S/c1-16-3-6-21(13-17(16)2)28-15-18(14-23(28)29)24(30)27-11-9-20(10-12-27)26-33(31,32)22-7-4-19(25)5-8-22/h3-8,13,18,20,26H,9-12,14-15H2,1-2H3/t18-/m0/s1. The number of amides is 2. The third-order valence-electron chi connectivity index (χ3n) is 6.53. The summed E-state index contributed by atoms with van der Waals surface area (Å²) in [7, 11) is -3.65. The van der Waals surface area contributed by atoms with E-state index in [0.717, 1.165) is 16.8 Å². The van der Waals surface area contributed by atoms with E-state index in [0.29, 0.717) is 37.5 Å². The monoisotopic (exact) mass is 489 g/mol. The van der Waals surface area contributed by atoms with E-state index in [9.17, 15) is 18.0 Å². The second-order valence-electron chi connectivity index (χ2n) is 8.85. The van der Waals surface area contributed by atoms with E-state index in [1.54, 1.807) is 21.9 Å². The van der Waals surface area contributed by atoms with Crippen LogP contribution in [0.5, 0.6) is 0 Å². The van der Waals surface area contributed by atoms with E-state index in [4.69, 9.17) is 11.6 Å². The van der Waals surface area contributed by atoms with Gasteiger partial charge in [0.1, 0.15) is 0 Å². The Hall–Kier alpha value is -2.42. The van der Waals surface area contributed by atoms with E-state index >= 15 is 0 Å². The van der Waals surface area contributed by atoms with Gasteiger partial charge in [0, 0.05) is 42.8 Å². The molecule has 2 aromatic rings. The number of carbonyl (C=O) groups is 2. The number of halogens is 1. The number of aryl methyl sites for hydroxylation is 2. The van der Waals surface area contributed by atoms with Gasteiger partial charge >= 0.3 is 0 Å². The molecule has 1 atom stereocenters. The molecule has 33 heavy (non-hydrogen) atoms. The molecule has 0 aliphatic carbocycles. The lowest BCUT2D eigenvalue weighted by atomic mass is 10.0. The molecule has 2 aliphatic heterocycles. The SMILES string of the molecule is Cc1ccc(N2C[C@@H](C(=O)N3CCC(NS(=O)(=O)c4ccc(Cl)cc4)CC3)CC2=O)cc1C. The van der Waals surface area contributed by atoms with Crippen LogP contribution in [0.2, 0.25) is 5.02 Å². The zero-order valence-corrected chi connectivity index (χ0v) is 20.3. The number of hydrogen-bond acceptors (Lipinski definition) is 4. The van der Waals surface area contributed by atoms with Crippen LogP contribution in [-0.4, -0.2) is 50.8 Å². The first kappa shape index (κ1) is 23.7. The molecule has 2 aromatic carbocycles. The lowest BCUT2D eigenvalue weighted by Gasteiger charge is -2.33. The number of nitrogens with zero attached hydrogens (tertiary/aromatic N) is 2. The molecule has 0 radical (unpaired) electrons. The quantitative estimate of drug-likeness (QED) is 0.698. The molecule has 0 bridgehead atoms. The van der Waals surface area contributed by atoms with Gasteiger partial charge in [0.05, 0.1) is 10.8 Å². The predicted molar refractivity (Wildman–Crippen MR) is 128 cm³/mol. The van der Waals surface area contributed by atoms with Crippen LogP contribution in [0.3, 0.4) is 0 Å². The second-order valence-corrected chi connectivity index (χ2v) is 11.0. The molecule has 2 amide bonds. The number of sulfonamides is 1. The maximum absolute atomic E-state index is 13.1. The maximum atomic E-state index is 13.1. The number of likely N-dealkylation sites (tertiary alicyclic amines) is 1. The highest BCUT2D eigenvalue weighted by molar-refractivity contribution is 7.89. The number of piperidine rings is 1. The number of rotatable bonds is 5. The molecule has 0 spiro atoms. The van der Waals surface area contributed by atoms with Gasteiger partial charge in [0.15, 0.2) is 0 Å². The molecule has 2 fully saturated rings. The van der Waals surface area contributed by atoms with Gasteiger partial charge in [-0.15, -0.1) is 0 Å². The number of hydrogen-bond donors (Lipinski definition) is 1. The Balaban J connectivity index is 1.33. The van der Waals surface area contributed by atoms with Crippen molar-refractivity contribution in [2.24, 2.45) is 5.92 Å². The van der Waals surface area contributed by atoms with Crippen LogP contribution in [0.1, 0.15) is 30.4 Å². The summed E-state index contributed by atoms with van der Waals surface area (Å²) >= 11 is 5.84. The predicted octanol–water partition coefficient (Wildman–Crippen LogP) is 3.28. The molecule has 0 saturated carbocycles. The highest BCUT2D eigenvalue weighted by Crippen LogP contribution is 2.29. The summed E-state index contributed by atoms with van der Waals surface area (Å²) in [4.78, 5) is 29.3. The van der Waals surface area contributed by atoms with Crippen LogP contribution < -0.4 is 9.62 Å². The van der Waals surface area contributed by atoms with Gasteiger partial charge in [-0.1, -0.05) is 17.7 Å². The number of carbonyl (C=O) groups excluding carboxylic acids is 2. The molecule has 9 heteroatoms. The molecule has 2 saturated heterocycles. The number of nitrogens with one attached hydrogen (secondary N) is 1. The Kier molecular flexibility index (Phi) is 6.79. The molecular weight excluding hydrogens is 462 g/mol. The molecule has 0 aromatic heterocycles. The smallest absolute Gasteiger partial charge is 0.240 e. The first-order chi connectivity index (χ1) is 15.6. The molecule has 1 N–H and O–H groups in total. The van der Waals surface area contributed by atoms with Crippen molar-refractivity contribution in [3.63, 3.8) is 0 Å². The summed E-state index contributed by atoms with van der Waals surface area (Å²) in [6.07, 6.45) is 1.26. The Morgan fingerprint density at radius 2 is 1.70 bits per heavy atom. The van der Waals surface area contributed by atoms with Crippen molar-refractivity contribution >= 4 is 39.1 Å². The van der Waals surface area contributed by atoms with Crippen LogP contribution in [0.25, 0.3) is 0 Å². The summed E-state index contributed by atoms with van der Waals surface area (Å²) < 4.78 is 28.0. The number of anilines is 1. The average molecular weight is 490 g/mol. The van der Waals surface area contributed by atoms with Gasteiger partial charge in [-0.3, -0.25) is 9.59 Å². The van der Waals surface area contributed by atoms with E-state index in [1.807, 2.05) is 32.0 Å². The number of benzene rings is 2. The van der Waals surface area contributed by atoms with Gasteiger partial charge in [-0.25, -0.2) is 13.1 Å². The normalized spacial score (nSPS) is 19.8. The van der Waals surface area contributed by atoms with Crippen LogP contribution in [0.4, 0.5) is 5.69 Å². The van der Waals surface area contributed by atoms with Crippen molar-refractivity contribution in [1.29, 1.82) is 0 Å². The second kappa shape index (κ2) is 9.44. The maximum Gasteiger partial charge on any atom is 0.240 e. The zero-order chi connectivity index (χ0) is 23.8. The minimum atomic E-state index is -3.65. The van der Waals surface area contributed by atoms with E-state index in [2.05, 4.69) is 4.72 Å². The summed E-state index contributed by atoms with van der Waals surface area (Å²) in [6, 6.07) is 11.7. The minimum Gasteiger partial charge on any atom is -0.342 e. The van der Waals surface area contributed by atoms with Crippen LogP contribution in [0.15, 0.2) is 47.4 Å². The summed E-state index contributed by atoms with van der Waals surface area (Å²) in [5.74, 6) is -0.447. The molecule has 7 nitrogen and oxygen atoms in total. The molecular formula is C24H28ClN3O4S. The Labute approximate surface area is 199 Å². The first-order valence-electron chi connectivity index (χ1n) is 11.1. The van der Waals surface area contributed by atoms with Crippen molar-refractivity contribution in [2.45, 2.75) is 44.0 Å². The third kappa shape index (κ3) is 5.23. The van der Waals surface area contributed by atoms with Crippen LogP contribution in [0, 0.1) is 19.8 Å². The van der Waals surface area contributed by atoms with E-state index < -0.39 is 10.0 Å². The van der Waals surface area contributed by atoms with Crippen molar-refractivity contribution in [1.82, 2.24) is 9.62 Å². The highest BCUT2D eigenvalue weighted by atomic mass is 35.5. The highest BCUT2D eigenvalue weighted by Gasteiger charge is 2.38. The Bertz CT molecular complexity index is 1160. The fourth-order valence-electron chi connectivity index (χ4n) is 4.39. The average Bonchev–Trinajstić information content (AvgIpc) is 3.17. The first-order valence-corrected chi connectivity index (χ1v) is 12.9. The summed E-state index contributed by atoms with van der Waals surface area (Å²) in [5.41, 5.74) is 3.10. The Morgan fingerprint density at radius 3 is 2.33 bits per heavy atom. The van der Waals surface area contributed by atoms with Gasteiger partial charge in [-0.2, -0.15) is 0 Å². The topological polar surface area (TPSA) is 86.8 Å². The molecule has 2 heterocycles. The van der Waals surface area contributed by atoms with Gasteiger partial charge < -0.3 is 9.80 Å². The van der Waals surface area contributed by atoms with Gasteiger partial charge in [0.2, 0.25) is 21.8 Å². The van der Waals surface area contributed by atoms with Crippen molar-refractivity contribution in [3.8, 4) is 0 Å². The van der Waals surface area contributed by atoms with E-state index in [-0.39, 0.29) is 35.1 Å². The van der Waals surface area contributed by atoms with Gasteiger partial charge in [-0.05, 0) is 74.2 Å². The third-order valence-corrected chi connectivity index (χ3v) is 8.32. The van der Waals surface area contributed by atoms with Crippen molar-refractivity contribution < 1.29 is 18.0 Å².